The summed E-state index contributed by atoms with van der Waals surface area (Å²) in [5.41, 5.74) is -0.445. The van der Waals surface area contributed by atoms with E-state index in [0.29, 0.717) is 6.61 Å². The lowest BCUT2D eigenvalue weighted by Crippen LogP contribution is -2.42. The third kappa shape index (κ3) is 4.69. The van der Waals surface area contributed by atoms with Gasteiger partial charge in [-0.3, -0.25) is 0 Å². The summed E-state index contributed by atoms with van der Waals surface area (Å²) in [5.74, 6) is 0. The van der Waals surface area contributed by atoms with Crippen LogP contribution in [0.4, 0.5) is 4.79 Å². The summed E-state index contributed by atoms with van der Waals surface area (Å²) in [4.78, 5) is 13.8. The fourth-order valence-corrected chi connectivity index (χ4v) is 1.90. The van der Waals surface area contributed by atoms with Crippen molar-refractivity contribution in [1.82, 2.24) is 4.90 Å². The lowest BCUT2D eigenvalue weighted by atomic mass is 10.2. The molecule has 104 valence electrons. The molecule has 0 radical (unpaired) electrons. The van der Waals surface area contributed by atoms with Crippen LogP contribution >= 0.6 is 0 Å². The molecular weight excluding hydrogens is 230 g/mol. The largest absolute Gasteiger partial charge is 0.444 e. The highest BCUT2D eigenvalue weighted by atomic mass is 16.6. The first-order valence-corrected chi connectivity index (χ1v) is 6.57. The minimum absolute atomic E-state index is 0.0195. The summed E-state index contributed by atoms with van der Waals surface area (Å²) >= 11 is 0. The summed E-state index contributed by atoms with van der Waals surface area (Å²) in [6.45, 7) is 12.6. The monoisotopic (exact) mass is 255 g/mol. The van der Waals surface area contributed by atoms with Gasteiger partial charge in [0.05, 0.1) is 18.8 Å². The molecule has 18 heavy (non-hydrogen) atoms. The highest BCUT2D eigenvalue weighted by Gasteiger charge is 2.32. The standard InChI is InChI=1S/C14H25NO3/c1-6-11(2)17-10-12-8-7-9-15(12)13(16)18-14(3,4)5/h6,11-12H,1,7-10H2,2-5H3. The normalized spacial score (nSPS) is 21.8. The Morgan fingerprint density at radius 3 is 2.78 bits per heavy atom. The number of hydrogen-bond acceptors (Lipinski definition) is 3. The molecule has 1 rings (SSSR count). The first-order valence-electron chi connectivity index (χ1n) is 6.57. The summed E-state index contributed by atoms with van der Waals surface area (Å²) in [5, 5.41) is 0. The maximum absolute atomic E-state index is 12.0. The van der Waals surface area contributed by atoms with E-state index >= 15 is 0 Å². The van der Waals surface area contributed by atoms with Gasteiger partial charge in [0.15, 0.2) is 0 Å². The Kier molecular flexibility index (Phi) is 5.20. The first kappa shape index (κ1) is 15.0. The van der Waals surface area contributed by atoms with Crippen LogP contribution in [-0.4, -0.2) is 41.9 Å². The smallest absolute Gasteiger partial charge is 0.410 e. The zero-order valence-corrected chi connectivity index (χ0v) is 11.9. The Balaban J connectivity index is 2.48. The van der Waals surface area contributed by atoms with E-state index in [1.54, 1.807) is 11.0 Å². The third-order valence-corrected chi connectivity index (χ3v) is 2.89. The molecule has 0 aliphatic carbocycles. The summed E-state index contributed by atoms with van der Waals surface area (Å²) in [6.07, 6.45) is 3.52. The number of likely N-dealkylation sites (tertiary alicyclic amines) is 1. The molecular formula is C14H25NO3. The minimum atomic E-state index is -0.445. The predicted octanol–water partition coefficient (Wildman–Crippen LogP) is 2.98. The molecule has 4 heteroatoms. The molecule has 4 nitrogen and oxygen atoms in total. The van der Waals surface area contributed by atoms with Gasteiger partial charge in [-0.25, -0.2) is 4.79 Å². The summed E-state index contributed by atoms with van der Waals surface area (Å²) < 4.78 is 11.0. The Morgan fingerprint density at radius 1 is 1.56 bits per heavy atom. The lowest BCUT2D eigenvalue weighted by molar-refractivity contribution is 0.00559. The van der Waals surface area contributed by atoms with E-state index in [2.05, 4.69) is 6.58 Å². The van der Waals surface area contributed by atoms with Crippen molar-refractivity contribution >= 4 is 6.09 Å². The van der Waals surface area contributed by atoms with E-state index in [1.807, 2.05) is 27.7 Å². The van der Waals surface area contributed by atoms with Crippen molar-refractivity contribution in [3.05, 3.63) is 12.7 Å². The zero-order valence-electron chi connectivity index (χ0n) is 11.9. The van der Waals surface area contributed by atoms with Crippen molar-refractivity contribution in [3.8, 4) is 0 Å². The summed E-state index contributed by atoms with van der Waals surface area (Å²) in [6, 6.07) is 0.127. The molecule has 2 unspecified atom stereocenters. The zero-order chi connectivity index (χ0) is 13.8. The van der Waals surface area contributed by atoms with Gasteiger partial charge in [0.2, 0.25) is 0 Å². The average molecular weight is 255 g/mol. The fraction of sp³-hybridized carbons (Fsp3) is 0.786. The van der Waals surface area contributed by atoms with Crippen molar-refractivity contribution in [2.24, 2.45) is 0 Å². The Labute approximate surface area is 110 Å². The van der Waals surface area contributed by atoms with Gasteiger partial charge in [0.1, 0.15) is 5.60 Å². The number of rotatable bonds is 4. The number of carbonyl (C=O) groups excluding carboxylic acids is 1. The second-order valence-electron chi connectivity index (χ2n) is 5.74. The first-order chi connectivity index (χ1) is 8.33. The van der Waals surface area contributed by atoms with Gasteiger partial charge in [-0.2, -0.15) is 0 Å². The second kappa shape index (κ2) is 6.23. The van der Waals surface area contributed by atoms with Crippen molar-refractivity contribution < 1.29 is 14.3 Å². The van der Waals surface area contributed by atoms with Gasteiger partial charge < -0.3 is 14.4 Å². The van der Waals surface area contributed by atoms with E-state index in [4.69, 9.17) is 9.47 Å². The number of hydrogen-bond donors (Lipinski definition) is 0. The third-order valence-electron chi connectivity index (χ3n) is 2.89. The molecule has 0 aromatic rings. The highest BCUT2D eigenvalue weighted by molar-refractivity contribution is 5.68. The van der Waals surface area contributed by atoms with Crippen molar-refractivity contribution in [2.75, 3.05) is 13.2 Å². The topological polar surface area (TPSA) is 38.8 Å². The van der Waals surface area contributed by atoms with E-state index in [1.165, 1.54) is 0 Å². The highest BCUT2D eigenvalue weighted by Crippen LogP contribution is 2.21. The van der Waals surface area contributed by atoms with Crippen LogP contribution in [0, 0.1) is 0 Å². The van der Waals surface area contributed by atoms with Gasteiger partial charge >= 0.3 is 6.09 Å². The van der Waals surface area contributed by atoms with Crippen LogP contribution in [0.5, 0.6) is 0 Å². The molecule has 0 aromatic heterocycles. The van der Waals surface area contributed by atoms with Gasteiger partial charge in [-0.15, -0.1) is 6.58 Å². The molecule has 1 heterocycles. The average Bonchev–Trinajstić information content (AvgIpc) is 2.71. The lowest BCUT2D eigenvalue weighted by Gasteiger charge is -2.28. The quantitative estimate of drug-likeness (QED) is 0.725. The van der Waals surface area contributed by atoms with Crippen LogP contribution in [0.25, 0.3) is 0 Å². The molecule has 0 N–H and O–H groups in total. The Hall–Kier alpha value is -1.03. The maximum atomic E-state index is 12.0. The number of amides is 1. The molecule has 1 amide bonds. The maximum Gasteiger partial charge on any atom is 0.410 e. The van der Waals surface area contributed by atoms with Crippen LogP contribution in [-0.2, 0) is 9.47 Å². The van der Waals surface area contributed by atoms with Crippen molar-refractivity contribution in [3.63, 3.8) is 0 Å². The molecule has 0 spiro atoms. The molecule has 0 saturated carbocycles. The minimum Gasteiger partial charge on any atom is -0.444 e. The Morgan fingerprint density at radius 2 is 2.22 bits per heavy atom. The number of nitrogens with zero attached hydrogens (tertiary/aromatic N) is 1. The SMILES string of the molecule is C=CC(C)OCC1CCCN1C(=O)OC(C)(C)C. The second-order valence-corrected chi connectivity index (χ2v) is 5.74. The van der Waals surface area contributed by atoms with Crippen LogP contribution in [0.3, 0.4) is 0 Å². The van der Waals surface area contributed by atoms with Crippen LogP contribution in [0.1, 0.15) is 40.5 Å². The van der Waals surface area contributed by atoms with E-state index in [-0.39, 0.29) is 18.2 Å². The predicted molar refractivity (Wildman–Crippen MR) is 71.6 cm³/mol. The number of ether oxygens (including phenoxy) is 2. The number of carbonyl (C=O) groups is 1. The van der Waals surface area contributed by atoms with Gasteiger partial charge in [-0.1, -0.05) is 6.08 Å². The summed E-state index contributed by atoms with van der Waals surface area (Å²) in [7, 11) is 0. The van der Waals surface area contributed by atoms with Crippen LogP contribution < -0.4 is 0 Å². The van der Waals surface area contributed by atoms with Gasteiger partial charge in [0, 0.05) is 6.54 Å². The van der Waals surface area contributed by atoms with Crippen LogP contribution in [0.2, 0.25) is 0 Å². The molecule has 1 aliphatic heterocycles. The fourth-order valence-electron chi connectivity index (χ4n) is 1.90. The van der Waals surface area contributed by atoms with E-state index in [9.17, 15) is 4.79 Å². The van der Waals surface area contributed by atoms with E-state index in [0.717, 1.165) is 19.4 Å². The van der Waals surface area contributed by atoms with E-state index < -0.39 is 5.60 Å². The molecule has 1 saturated heterocycles. The molecule has 2 atom stereocenters. The van der Waals surface area contributed by atoms with Crippen LogP contribution in [0.15, 0.2) is 12.7 Å². The van der Waals surface area contributed by atoms with Gasteiger partial charge in [-0.05, 0) is 40.5 Å². The Bertz CT molecular complexity index is 296. The van der Waals surface area contributed by atoms with Crippen molar-refractivity contribution in [1.29, 1.82) is 0 Å². The van der Waals surface area contributed by atoms with Gasteiger partial charge in [0.25, 0.3) is 0 Å². The molecule has 0 bridgehead atoms. The molecule has 1 fully saturated rings. The molecule has 0 aromatic carbocycles. The van der Waals surface area contributed by atoms with Crippen molar-refractivity contribution in [2.45, 2.75) is 58.3 Å². The molecule has 1 aliphatic rings.